The number of benzene rings is 1. The van der Waals surface area contributed by atoms with Crippen LogP contribution in [0.3, 0.4) is 0 Å². The van der Waals surface area contributed by atoms with Crippen molar-refractivity contribution in [2.75, 3.05) is 0 Å². The first-order chi connectivity index (χ1) is 12.7. The standard InChI is InChI=1S/C18H11N5O2S/c19-6-12-1-2-14-16(15-3-4-26-18(15)23(24)25)10-22(17(14)5-12)9-13-7-20-11-21-8-13/h1-5,7-8,10-11H,9H2. The Kier molecular flexibility index (Phi) is 3.91. The van der Waals surface area contributed by atoms with E-state index in [1.165, 1.54) is 6.33 Å². The van der Waals surface area contributed by atoms with E-state index < -0.39 is 0 Å². The zero-order valence-corrected chi connectivity index (χ0v) is 14.2. The van der Waals surface area contributed by atoms with E-state index in [0.29, 0.717) is 17.7 Å². The van der Waals surface area contributed by atoms with Gasteiger partial charge in [-0.2, -0.15) is 5.26 Å². The van der Waals surface area contributed by atoms with Gasteiger partial charge in [-0.25, -0.2) is 9.97 Å². The Morgan fingerprint density at radius 3 is 2.77 bits per heavy atom. The Hall–Kier alpha value is -3.57. The minimum absolute atomic E-state index is 0.108. The Labute approximate surface area is 152 Å². The molecule has 0 aliphatic rings. The largest absolute Gasteiger partial charge is 0.342 e. The van der Waals surface area contributed by atoms with Crippen LogP contribution in [-0.2, 0) is 6.54 Å². The average molecular weight is 361 g/mol. The fraction of sp³-hybridized carbons (Fsp3) is 0.0556. The van der Waals surface area contributed by atoms with Gasteiger partial charge in [-0.05, 0) is 23.6 Å². The predicted octanol–water partition coefficient (Wildman–Crippen LogP) is 3.99. The van der Waals surface area contributed by atoms with E-state index in [9.17, 15) is 15.4 Å². The molecule has 7 nitrogen and oxygen atoms in total. The Balaban J connectivity index is 1.93. The number of aromatic nitrogens is 3. The van der Waals surface area contributed by atoms with Gasteiger partial charge in [0.25, 0.3) is 0 Å². The third-order valence-corrected chi connectivity index (χ3v) is 4.94. The zero-order valence-electron chi connectivity index (χ0n) is 13.4. The highest BCUT2D eigenvalue weighted by Gasteiger charge is 2.21. The second-order valence-electron chi connectivity index (χ2n) is 5.66. The fourth-order valence-corrected chi connectivity index (χ4v) is 3.69. The minimum atomic E-state index is -0.363. The summed E-state index contributed by atoms with van der Waals surface area (Å²) < 4.78 is 1.96. The molecule has 0 spiro atoms. The molecular weight excluding hydrogens is 350 g/mol. The summed E-state index contributed by atoms with van der Waals surface area (Å²) in [6.07, 6.45) is 6.79. The second kappa shape index (κ2) is 6.38. The topological polar surface area (TPSA) is 97.6 Å². The quantitative estimate of drug-likeness (QED) is 0.404. The average Bonchev–Trinajstić information content (AvgIpc) is 3.27. The molecule has 0 bridgehead atoms. The molecule has 4 rings (SSSR count). The van der Waals surface area contributed by atoms with Crippen molar-refractivity contribution in [3.63, 3.8) is 0 Å². The highest BCUT2D eigenvalue weighted by molar-refractivity contribution is 7.14. The number of rotatable bonds is 4. The maximum atomic E-state index is 11.3. The molecule has 3 aromatic heterocycles. The van der Waals surface area contributed by atoms with Crippen LogP contribution >= 0.6 is 11.3 Å². The zero-order chi connectivity index (χ0) is 18.1. The number of hydrogen-bond acceptors (Lipinski definition) is 6. The summed E-state index contributed by atoms with van der Waals surface area (Å²) in [7, 11) is 0. The van der Waals surface area contributed by atoms with E-state index in [0.717, 1.165) is 33.4 Å². The molecular formula is C18H11N5O2S. The first-order valence-electron chi connectivity index (χ1n) is 7.66. The lowest BCUT2D eigenvalue weighted by Gasteiger charge is -2.04. The van der Waals surface area contributed by atoms with Crippen molar-refractivity contribution in [1.29, 1.82) is 5.26 Å². The molecule has 0 unspecified atom stereocenters. The summed E-state index contributed by atoms with van der Waals surface area (Å²) in [6.45, 7) is 0.504. The molecule has 1 aromatic carbocycles. The molecule has 0 amide bonds. The number of hydrogen-bond donors (Lipinski definition) is 0. The number of thiophene rings is 1. The molecule has 0 saturated carbocycles. The molecule has 3 heterocycles. The van der Waals surface area contributed by atoms with Crippen molar-refractivity contribution in [3.8, 4) is 17.2 Å². The fourth-order valence-electron chi connectivity index (χ4n) is 2.96. The second-order valence-corrected chi connectivity index (χ2v) is 6.55. The van der Waals surface area contributed by atoms with Crippen molar-refractivity contribution >= 4 is 27.2 Å². The highest BCUT2D eigenvalue weighted by atomic mass is 32.1. The van der Waals surface area contributed by atoms with Crippen LogP contribution in [0.5, 0.6) is 0 Å². The lowest BCUT2D eigenvalue weighted by Crippen LogP contribution is -1.99. The van der Waals surface area contributed by atoms with Gasteiger partial charge in [-0.15, -0.1) is 0 Å². The summed E-state index contributed by atoms with van der Waals surface area (Å²) in [4.78, 5) is 19.0. The lowest BCUT2D eigenvalue weighted by molar-refractivity contribution is -0.379. The van der Waals surface area contributed by atoms with E-state index in [1.54, 1.807) is 36.0 Å². The molecule has 0 N–H and O–H groups in total. The number of nitrogens with zero attached hydrogens (tertiary/aromatic N) is 5. The molecule has 0 aliphatic heterocycles. The smallest absolute Gasteiger partial charge is 0.331 e. The molecule has 0 atom stereocenters. The maximum Gasteiger partial charge on any atom is 0.331 e. The van der Waals surface area contributed by atoms with E-state index in [1.807, 2.05) is 16.8 Å². The van der Waals surface area contributed by atoms with E-state index in [2.05, 4.69) is 16.0 Å². The molecule has 0 fully saturated rings. The highest BCUT2D eigenvalue weighted by Crippen LogP contribution is 2.39. The normalized spacial score (nSPS) is 10.7. The third-order valence-electron chi connectivity index (χ3n) is 4.08. The Morgan fingerprint density at radius 1 is 1.23 bits per heavy atom. The number of nitriles is 1. The van der Waals surface area contributed by atoms with Gasteiger partial charge in [0.05, 0.1) is 34.2 Å². The van der Waals surface area contributed by atoms with Crippen molar-refractivity contribution < 1.29 is 4.92 Å². The van der Waals surface area contributed by atoms with Gasteiger partial charge in [-0.1, -0.05) is 17.4 Å². The van der Waals surface area contributed by atoms with Gasteiger partial charge in [0.15, 0.2) is 0 Å². The molecule has 0 radical (unpaired) electrons. The molecule has 8 heteroatoms. The van der Waals surface area contributed by atoms with Gasteiger partial charge in [0, 0.05) is 35.1 Å². The summed E-state index contributed by atoms with van der Waals surface area (Å²) in [6, 6.07) is 9.25. The van der Waals surface area contributed by atoms with Crippen LogP contribution in [0.25, 0.3) is 22.0 Å². The summed E-state index contributed by atoms with van der Waals surface area (Å²) in [5.41, 5.74) is 3.63. The minimum Gasteiger partial charge on any atom is -0.342 e. The van der Waals surface area contributed by atoms with Crippen molar-refractivity contribution in [1.82, 2.24) is 14.5 Å². The summed E-state index contributed by atoms with van der Waals surface area (Å²) in [5, 5.41) is 23.2. The van der Waals surface area contributed by atoms with Crippen LogP contribution < -0.4 is 0 Å². The first kappa shape index (κ1) is 15.9. The van der Waals surface area contributed by atoms with E-state index in [-0.39, 0.29) is 9.92 Å². The number of fused-ring (bicyclic) bond motifs is 1. The van der Waals surface area contributed by atoms with E-state index >= 15 is 0 Å². The monoisotopic (exact) mass is 361 g/mol. The molecule has 26 heavy (non-hydrogen) atoms. The van der Waals surface area contributed by atoms with Gasteiger partial charge in [0.2, 0.25) is 0 Å². The van der Waals surface area contributed by atoms with Crippen LogP contribution in [0.4, 0.5) is 5.00 Å². The Bertz CT molecular complexity index is 1160. The maximum absolute atomic E-state index is 11.3. The summed E-state index contributed by atoms with van der Waals surface area (Å²) >= 11 is 1.10. The molecule has 126 valence electrons. The lowest BCUT2D eigenvalue weighted by atomic mass is 10.1. The first-order valence-corrected chi connectivity index (χ1v) is 8.54. The summed E-state index contributed by atoms with van der Waals surface area (Å²) in [5.74, 6) is 0. The predicted molar refractivity (Wildman–Crippen MR) is 97.8 cm³/mol. The number of nitro groups is 1. The van der Waals surface area contributed by atoms with Crippen LogP contribution in [0.2, 0.25) is 0 Å². The van der Waals surface area contributed by atoms with E-state index in [4.69, 9.17) is 0 Å². The van der Waals surface area contributed by atoms with Gasteiger partial charge in [-0.3, -0.25) is 10.1 Å². The van der Waals surface area contributed by atoms with Crippen molar-refractivity contribution in [2.45, 2.75) is 6.54 Å². The van der Waals surface area contributed by atoms with Gasteiger partial charge >= 0.3 is 5.00 Å². The van der Waals surface area contributed by atoms with Gasteiger partial charge in [0.1, 0.15) is 6.33 Å². The third kappa shape index (κ3) is 2.70. The molecule has 0 aliphatic carbocycles. The SMILES string of the molecule is N#Cc1ccc2c(-c3ccsc3[N+](=O)[O-])cn(Cc3cncnc3)c2c1. The molecule has 0 saturated heterocycles. The van der Waals surface area contributed by atoms with Crippen LogP contribution in [0.1, 0.15) is 11.1 Å². The van der Waals surface area contributed by atoms with Crippen LogP contribution in [0, 0.1) is 21.4 Å². The van der Waals surface area contributed by atoms with Gasteiger partial charge < -0.3 is 4.57 Å². The Morgan fingerprint density at radius 2 is 2.04 bits per heavy atom. The molecule has 4 aromatic rings. The van der Waals surface area contributed by atoms with Crippen LogP contribution in [-0.4, -0.2) is 19.5 Å². The van der Waals surface area contributed by atoms with Crippen molar-refractivity contribution in [3.05, 3.63) is 75.8 Å². The van der Waals surface area contributed by atoms with Crippen LogP contribution in [0.15, 0.2) is 54.6 Å². The van der Waals surface area contributed by atoms with Crippen molar-refractivity contribution in [2.24, 2.45) is 0 Å².